The summed E-state index contributed by atoms with van der Waals surface area (Å²) in [5.41, 5.74) is 1.92. The Morgan fingerprint density at radius 1 is 1.00 bits per heavy atom. The van der Waals surface area contributed by atoms with Crippen LogP contribution in [0.25, 0.3) is 0 Å². The molecule has 2 rings (SSSR count). The molecule has 0 aromatic rings. The molecule has 0 aromatic heterocycles. The number of rotatable bonds is 3. The topological polar surface area (TPSA) is 17.1 Å². The molecule has 0 unspecified atom stereocenters. The van der Waals surface area contributed by atoms with Crippen LogP contribution in [0.5, 0.6) is 0 Å². The van der Waals surface area contributed by atoms with Crippen molar-refractivity contribution in [2.75, 3.05) is 5.50 Å². The van der Waals surface area contributed by atoms with Gasteiger partial charge in [-0.2, -0.15) is 0 Å². The Labute approximate surface area is 157 Å². The molecule has 0 N–H and O–H groups in total. The first kappa shape index (κ1) is 23.2. The van der Waals surface area contributed by atoms with Gasteiger partial charge in [0.2, 0.25) is 0 Å². The molecule has 0 aromatic carbocycles. The van der Waals surface area contributed by atoms with E-state index in [1.54, 1.807) is 0 Å². The summed E-state index contributed by atoms with van der Waals surface area (Å²) in [6.07, 6.45) is 16.1. The quantitative estimate of drug-likeness (QED) is 0.513. The SMILES string of the molecule is CC(C)(C)[S@@](=O)[C]1[CH][CH][CH][C]1[Si](C)(C)CCl.[CH]1[CH][CH][CH][CH]1.[Fe+2]. The summed E-state index contributed by atoms with van der Waals surface area (Å²) in [6.45, 7) is 10.5. The fraction of sp³-hybridized carbons (Fsp3) is 0.412. The van der Waals surface area contributed by atoms with E-state index in [2.05, 4.69) is 19.5 Å². The van der Waals surface area contributed by atoms with E-state index in [-0.39, 0.29) is 21.8 Å². The molecule has 2 aliphatic rings. The standard InChI is InChI=1S/C12H20ClOSSi.C5H5.Fe/c1-12(2,3)15(14)10-7-6-8-11(10)16(4,5)9-13;1-2-4-5-3-1;/h6-8H,9H2,1-5H3;1-5H;/q;;+2/t15-;;/m0../s1. The third-order valence-corrected chi connectivity index (χ3v) is 9.77. The Morgan fingerprint density at radius 2 is 1.45 bits per heavy atom. The van der Waals surface area contributed by atoms with Crippen LogP contribution in [0.4, 0.5) is 0 Å². The zero-order valence-electron chi connectivity index (χ0n) is 13.9. The molecule has 10 radical (unpaired) electrons. The molecule has 5 heteroatoms. The van der Waals surface area contributed by atoms with E-state index in [0.717, 1.165) is 5.25 Å². The second-order valence-corrected chi connectivity index (χ2v) is 14.2. The van der Waals surface area contributed by atoms with E-state index < -0.39 is 18.9 Å². The number of halogens is 1. The van der Waals surface area contributed by atoms with E-state index in [1.807, 2.05) is 65.7 Å². The van der Waals surface area contributed by atoms with Crippen molar-refractivity contribution in [2.24, 2.45) is 0 Å². The Balaban J connectivity index is 0.000000622. The van der Waals surface area contributed by atoms with E-state index >= 15 is 0 Å². The van der Waals surface area contributed by atoms with E-state index in [4.69, 9.17) is 11.6 Å². The smallest absolute Gasteiger partial charge is 0.258 e. The minimum Gasteiger partial charge on any atom is -0.258 e. The van der Waals surface area contributed by atoms with Crippen molar-refractivity contribution in [3.63, 3.8) is 0 Å². The summed E-state index contributed by atoms with van der Waals surface area (Å²) in [4.78, 5) is 0. The molecule has 2 fully saturated rings. The van der Waals surface area contributed by atoms with E-state index in [1.165, 1.54) is 5.54 Å². The van der Waals surface area contributed by atoms with Crippen LogP contribution in [0.15, 0.2) is 0 Å². The summed E-state index contributed by atoms with van der Waals surface area (Å²) in [5.74, 6) is 0. The van der Waals surface area contributed by atoms with Crippen molar-refractivity contribution < 1.29 is 21.3 Å². The van der Waals surface area contributed by atoms with Crippen LogP contribution < -0.4 is 0 Å². The first-order valence-corrected chi connectivity index (χ1v) is 12.0. The van der Waals surface area contributed by atoms with Crippen molar-refractivity contribution in [1.82, 2.24) is 0 Å². The van der Waals surface area contributed by atoms with Gasteiger partial charge in [-0.15, -0.1) is 11.6 Å². The van der Waals surface area contributed by atoms with Crippen molar-refractivity contribution in [3.05, 3.63) is 62.2 Å². The molecular weight excluding hydrogens is 372 g/mol. The van der Waals surface area contributed by atoms with Crippen molar-refractivity contribution in [3.8, 4) is 0 Å². The second-order valence-electron chi connectivity index (χ2n) is 6.66. The van der Waals surface area contributed by atoms with Gasteiger partial charge in [0.15, 0.2) is 0 Å². The van der Waals surface area contributed by atoms with Crippen LogP contribution in [-0.2, 0) is 27.9 Å². The molecule has 122 valence electrons. The summed E-state index contributed by atoms with van der Waals surface area (Å²) >= 11 is 6.04. The van der Waals surface area contributed by atoms with Gasteiger partial charge in [0.1, 0.15) is 0 Å². The number of hydrogen-bond acceptors (Lipinski definition) is 1. The molecule has 0 saturated heterocycles. The predicted octanol–water partition coefficient (Wildman–Crippen LogP) is 4.31. The van der Waals surface area contributed by atoms with Gasteiger partial charge in [-0.05, 0) is 77.7 Å². The van der Waals surface area contributed by atoms with Gasteiger partial charge >= 0.3 is 17.1 Å². The first-order valence-electron chi connectivity index (χ1n) is 7.11. The summed E-state index contributed by atoms with van der Waals surface area (Å²) < 4.78 is 12.2. The average Bonchev–Trinajstić information content (AvgIpc) is 3.10. The van der Waals surface area contributed by atoms with Gasteiger partial charge in [-0.3, -0.25) is 4.21 Å². The molecular formula is C17H25ClFeOSSi+2. The van der Waals surface area contributed by atoms with Crippen LogP contribution in [0.1, 0.15) is 20.8 Å². The molecule has 1 nitrogen and oxygen atoms in total. The molecule has 22 heavy (non-hydrogen) atoms. The van der Waals surface area contributed by atoms with Crippen LogP contribution >= 0.6 is 11.6 Å². The number of hydrogen-bond donors (Lipinski definition) is 0. The van der Waals surface area contributed by atoms with Gasteiger partial charge in [-0.25, -0.2) is 0 Å². The zero-order chi connectivity index (χ0) is 16.1. The maximum absolute atomic E-state index is 12.4. The van der Waals surface area contributed by atoms with Crippen LogP contribution in [0, 0.1) is 62.2 Å². The zero-order valence-corrected chi connectivity index (χ0v) is 17.6. The number of alkyl halides is 1. The fourth-order valence-corrected chi connectivity index (χ4v) is 5.96. The van der Waals surface area contributed by atoms with Crippen molar-refractivity contribution in [2.45, 2.75) is 38.6 Å². The first-order chi connectivity index (χ1) is 9.70. The molecule has 0 heterocycles. The predicted molar refractivity (Wildman–Crippen MR) is 97.0 cm³/mol. The largest absolute Gasteiger partial charge is 2.00 e. The third-order valence-electron chi connectivity index (χ3n) is 3.15. The Bertz CT molecular complexity index is 332. The third kappa shape index (κ3) is 6.97. The van der Waals surface area contributed by atoms with Gasteiger partial charge in [0.05, 0.1) is 13.3 Å². The molecule has 0 amide bonds. The van der Waals surface area contributed by atoms with Crippen LogP contribution in [0.2, 0.25) is 13.1 Å². The summed E-state index contributed by atoms with van der Waals surface area (Å²) in [5, 5.41) is 0.991. The maximum Gasteiger partial charge on any atom is 2.00 e. The molecule has 0 spiro atoms. The van der Waals surface area contributed by atoms with Crippen LogP contribution in [-0.4, -0.2) is 22.5 Å². The fourth-order valence-electron chi connectivity index (χ4n) is 1.85. The average molecular weight is 397 g/mol. The molecule has 0 bridgehead atoms. The van der Waals surface area contributed by atoms with E-state index in [0.29, 0.717) is 5.50 Å². The molecule has 0 aliphatic heterocycles. The van der Waals surface area contributed by atoms with Gasteiger partial charge in [0.25, 0.3) is 0 Å². The normalized spacial score (nSPS) is 21.9. The van der Waals surface area contributed by atoms with Gasteiger partial charge in [0, 0.05) is 21.0 Å². The second kappa shape index (κ2) is 10.2. The Hall–Kier alpha value is 1.18. The molecule has 1 atom stereocenters. The molecule has 2 aliphatic carbocycles. The van der Waals surface area contributed by atoms with Gasteiger partial charge in [-0.1, -0.05) is 13.1 Å². The monoisotopic (exact) mass is 396 g/mol. The van der Waals surface area contributed by atoms with Crippen LogP contribution in [0.3, 0.4) is 0 Å². The summed E-state index contributed by atoms with van der Waals surface area (Å²) in [6, 6.07) is 0. The van der Waals surface area contributed by atoms with Crippen molar-refractivity contribution >= 4 is 30.5 Å². The van der Waals surface area contributed by atoms with Gasteiger partial charge < -0.3 is 0 Å². The maximum atomic E-state index is 12.4. The minimum atomic E-state index is -1.61. The van der Waals surface area contributed by atoms with Crippen molar-refractivity contribution in [1.29, 1.82) is 0 Å². The minimum absolute atomic E-state index is 0. The van der Waals surface area contributed by atoms with E-state index in [9.17, 15) is 4.21 Å². The Morgan fingerprint density at radius 3 is 1.82 bits per heavy atom. The Kier molecular flexibility index (Phi) is 10.8. The molecule has 2 saturated carbocycles. The summed E-state index contributed by atoms with van der Waals surface area (Å²) in [7, 11) is -2.57.